The van der Waals surface area contributed by atoms with E-state index in [1.165, 1.54) is 9.80 Å². The summed E-state index contributed by atoms with van der Waals surface area (Å²) >= 11 is 0. The summed E-state index contributed by atoms with van der Waals surface area (Å²) in [6.07, 6.45) is 1.06. The summed E-state index contributed by atoms with van der Waals surface area (Å²) < 4.78 is 0. The molecule has 1 rings (SSSR count). The number of hydrogen-bond donors (Lipinski definition) is 0. The van der Waals surface area contributed by atoms with E-state index < -0.39 is 0 Å². The van der Waals surface area contributed by atoms with E-state index in [9.17, 15) is 9.59 Å². The number of unbranched alkanes of at least 4 members (excludes halogenated alkanes) is 1. The van der Waals surface area contributed by atoms with Gasteiger partial charge in [0.2, 0.25) is 11.8 Å². The van der Waals surface area contributed by atoms with Gasteiger partial charge in [0.1, 0.15) is 0 Å². The Hall–Kier alpha value is -1.57. The van der Waals surface area contributed by atoms with Gasteiger partial charge in [-0.05, 0) is 6.42 Å². The minimum Gasteiger partial charge on any atom is -0.335 e. The normalized spacial score (nSPS) is 17.1. The van der Waals surface area contributed by atoms with Crippen molar-refractivity contribution in [1.29, 1.82) is 5.26 Å². The van der Waals surface area contributed by atoms with Crippen LogP contribution in [0.4, 0.5) is 0 Å². The molecule has 0 spiro atoms. The van der Waals surface area contributed by atoms with Crippen LogP contribution in [0.15, 0.2) is 0 Å². The lowest BCUT2D eigenvalue weighted by molar-refractivity contribution is -0.148. The topological polar surface area (TPSA) is 64.4 Å². The van der Waals surface area contributed by atoms with Crippen molar-refractivity contribution in [1.82, 2.24) is 9.80 Å². The van der Waals surface area contributed by atoms with Gasteiger partial charge in [0.15, 0.2) is 0 Å². The Balaban J connectivity index is 2.42. The molecule has 1 fully saturated rings. The average Bonchev–Trinajstić information content (AvgIpc) is 2.14. The molecule has 2 amide bonds. The molecule has 0 radical (unpaired) electrons. The fourth-order valence-electron chi connectivity index (χ4n) is 1.32. The zero-order chi connectivity index (χ0) is 10.6. The number of nitrogens with zero attached hydrogens (tertiary/aromatic N) is 3. The summed E-state index contributed by atoms with van der Waals surface area (Å²) in [5, 5.41) is 8.33. The van der Waals surface area contributed by atoms with Crippen molar-refractivity contribution < 1.29 is 9.59 Å². The van der Waals surface area contributed by atoms with Gasteiger partial charge in [0.05, 0.1) is 19.2 Å². The third kappa shape index (κ3) is 2.46. The number of amides is 2. The summed E-state index contributed by atoms with van der Waals surface area (Å²) in [5.74, 6) is -0.0772. The molecule has 0 saturated carbocycles. The minimum atomic E-state index is -0.0402. The second-order valence-corrected chi connectivity index (χ2v) is 3.33. The van der Waals surface area contributed by atoms with E-state index in [4.69, 9.17) is 5.26 Å². The second-order valence-electron chi connectivity index (χ2n) is 3.33. The van der Waals surface area contributed by atoms with Crippen molar-refractivity contribution in [2.45, 2.75) is 12.8 Å². The highest BCUT2D eigenvalue weighted by Crippen LogP contribution is 2.04. The van der Waals surface area contributed by atoms with Gasteiger partial charge in [0.25, 0.3) is 0 Å². The summed E-state index contributed by atoms with van der Waals surface area (Å²) in [6, 6.07) is 2.01. The van der Waals surface area contributed by atoms with Gasteiger partial charge in [-0.2, -0.15) is 5.26 Å². The van der Waals surface area contributed by atoms with Crippen molar-refractivity contribution in [3.63, 3.8) is 0 Å². The van der Waals surface area contributed by atoms with E-state index in [2.05, 4.69) is 0 Å². The van der Waals surface area contributed by atoms with E-state index in [-0.39, 0.29) is 24.9 Å². The molecule has 1 aliphatic heterocycles. The summed E-state index contributed by atoms with van der Waals surface area (Å²) in [7, 11) is 1.62. The van der Waals surface area contributed by atoms with Crippen LogP contribution >= 0.6 is 0 Å². The number of hydrogen-bond acceptors (Lipinski definition) is 3. The molecule has 0 atom stereocenters. The lowest BCUT2D eigenvalue weighted by Crippen LogP contribution is -2.52. The summed E-state index contributed by atoms with van der Waals surface area (Å²) in [6.45, 7) is 0.818. The molecule has 76 valence electrons. The standard InChI is InChI=1S/C9H13N3O2/c1-11-6-9(14)12(7-8(11)13)5-3-2-4-10/h2-3,5-7H2,1H3. The maximum atomic E-state index is 11.4. The first kappa shape index (κ1) is 10.5. The predicted molar refractivity (Wildman–Crippen MR) is 49.1 cm³/mol. The van der Waals surface area contributed by atoms with E-state index in [0.717, 1.165) is 0 Å². The molecular formula is C9H13N3O2. The van der Waals surface area contributed by atoms with Gasteiger partial charge >= 0.3 is 0 Å². The van der Waals surface area contributed by atoms with Crippen LogP contribution in [0, 0.1) is 11.3 Å². The minimum absolute atomic E-state index is 0.0370. The van der Waals surface area contributed by atoms with E-state index in [1.54, 1.807) is 7.05 Å². The number of nitriles is 1. The maximum absolute atomic E-state index is 11.4. The zero-order valence-electron chi connectivity index (χ0n) is 8.19. The molecule has 1 heterocycles. The Kier molecular flexibility index (Phi) is 3.46. The predicted octanol–water partition coefficient (Wildman–Crippen LogP) is -0.409. The summed E-state index contributed by atoms with van der Waals surface area (Å²) in [4.78, 5) is 25.6. The number of likely N-dealkylation sites (N-methyl/N-ethyl adjacent to an activating group) is 1. The molecule has 0 aromatic heterocycles. The van der Waals surface area contributed by atoms with Crippen LogP contribution in [0.2, 0.25) is 0 Å². The van der Waals surface area contributed by atoms with E-state index in [0.29, 0.717) is 19.4 Å². The van der Waals surface area contributed by atoms with Gasteiger partial charge in [0, 0.05) is 20.0 Å². The molecule has 0 bridgehead atoms. The number of carbonyl (C=O) groups is 2. The molecule has 0 unspecified atom stereocenters. The van der Waals surface area contributed by atoms with Crippen LogP contribution < -0.4 is 0 Å². The Morgan fingerprint density at radius 2 is 2.07 bits per heavy atom. The molecule has 0 aliphatic carbocycles. The van der Waals surface area contributed by atoms with Crippen LogP contribution in [0.3, 0.4) is 0 Å². The van der Waals surface area contributed by atoms with E-state index in [1.807, 2.05) is 6.07 Å². The van der Waals surface area contributed by atoms with Gasteiger partial charge < -0.3 is 9.80 Å². The first-order chi connectivity index (χ1) is 6.65. The molecule has 0 aromatic carbocycles. The van der Waals surface area contributed by atoms with Crippen molar-refractivity contribution in [2.24, 2.45) is 0 Å². The molecule has 0 aromatic rings. The Morgan fingerprint density at radius 3 is 2.71 bits per heavy atom. The fraction of sp³-hybridized carbons (Fsp3) is 0.667. The lowest BCUT2D eigenvalue weighted by Gasteiger charge is -2.31. The van der Waals surface area contributed by atoms with Crippen molar-refractivity contribution >= 4 is 11.8 Å². The van der Waals surface area contributed by atoms with Crippen molar-refractivity contribution in [3.8, 4) is 6.07 Å². The van der Waals surface area contributed by atoms with Gasteiger partial charge in [-0.1, -0.05) is 0 Å². The van der Waals surface area contributed by atoms with Crippen LogP contribution in [0.1, 0.15) is 12.8 Å². The number of carbonyl (C=O) groups excluding carboxylic acids is 2. The molecule has 0 N–H and O–H groups in total. The second kappa shape index (κ2) is 4.61. The Labute approximate surface area is 82.9 Å². The van der Waals surface area contributed by atoms with Crippen LogP contribution in [0.25, 0.3) is 0 Å². The highest BCUT2D eigenvalue weighted by atomic mass is 16.2. The van der Waals surface area contributed by atoms with Crippen molar-refractivity contribution in [3.05, 3.63) is 0 Å². The Bertz CT molecular complexity index is 282. The Morgan fingerprint density at radius 1 is 1.36 bits per heavy atom. The van der Waals surface area contributed by atoms with Gasteiger partial charge in [-0.25, -0.2) is 0 Å². The highest BCUT2D eigenvalue weighted by molar-refractivity contribution is 5.92. The molecule has 1 aliphatic rings. The van der Waals surface area contributed by atoms with Crippen LogP contribution in [-0.2, 0) is 9.59 Å². The van der Waals surface area contributed by atoms with Crippen LogP contribution in [-0.4, -0.2) is 48.3 Å². The molecule has 14 heavy (non-hydrogen) atoms. The third-order valence-electron chi connectivity index (χ3n) is 2.19. The maximum Gasteiger partial charge on any atom is 0.242 e. The average molecular weight is 195 g/mol. The monoisotopic (exact) mass is 195 g/mol. The van der Waals surface area contributed by atoms with Gasteiger partial charge in [-0.3, -0.25) is 9.59 Å². The zero-order valence-corrected chi connectivity index (χ0v) is 8.19. The SMILES string of the molecule is CN1CC(=O)N(CCCC#N)CC1=O. The molecular weight excluding hydrogens is 182 g/mol. The first-order valence-corrected chi connectivity index (χ1v) is 4.54. The molecule has 5 heteroatoms. The molecule has 1 saturated heterocycles. The smallest absolute Gasteiger partial charge is 0.242 e. The van der Waals surface area contributed by atoms with Crippen LogP contribution in [0.5, 0.6) is 0 Å². The first-order valence-electron chi connectivity index (χ1n) is 4.54. The summed E-state index contributed by atoms with van der Waals surface area (Å²) in [5.41, 5.74) is 0. The molecule has 5 nitrogen and oxygen atoms in total. The lowest BCUT2D eigenvalue weighted by atomic mass is 10.2. The number of piperazine rings is 1. The highest BCUT2D eigenvalue weighted by Gasteiger charge is 2.26. The van der Waals surface area contributed by atoms with Gasteiger partial charge in [-0.15, -0.1) is 0 Å². The number of rotatable bonds is 3. The van der Waals surface area contributed by atoms with E-state index >= 15 is 0 Å². The quantitative estimate of drug-likeness (QED) is 0.575. The largest absolute Gasteiger partial charge is 0.335 e. The fourth-order valence-corrected chi connectivity index (χ4v) is 1.32. The third-order valence-corrected chi connectivity index (χ3v) is 2.19. The van der Waals surface area contributed by atoms with Crippen molar-refractivity contribution in [2.75, 3.05) is 26.7 Å².